The smallest absolute Gasteiger partial charge is 0.326 e. The van der Waals surface area contributed by atoms with Crippen LogP contribution < -0.4 is 0 Å². The molecule has 0 spiro atoms. The molecule has 1 heterocycles. The van der Waals surface area contributed by atoms with Crippen LogP contribution in [0.4, 0.5) is 0 Å². The monoisotopic (exact) mass is 467 g/mol. The molecule has 0 radical (unpaired) electrons. The molecule has 1 aromatic rings. The van der Waals surface area contributed by atoms with Gasteiger partial charge in [0, 0.05) is 31.7 Å². The number of esters is 1. The summed E-state index contributed by atoms with van der Waals surface area (Å²) in [5, 5.41) is 0. The number of rotatable bonds is 8. The summed E-state index contributed by atoms with van der Waals surface area (Å²) in [6.07, 6.45) is 1.70. The first-order valence-electron chi connectivity index (χ1n) is 11.1. The lowest BCUT2D eigenvalue weighted by atomic mass is 10.0. The number of sulfonamides is 1. The first kappa shape index (κ1) is 26.3. The number of hydrogen-bond acceptors (Lipinski definition) is 6. The third kappa shape index (κ3) is 7.56. The summed E-state index contributed by atoms with van der Waals surface area (Å²) < 4.78 is 32.7. The Kier molecular flexibility index (Phi) is 8.84. The zero-order chi connectivity index (χ0) is 24.1. The van der Waals surface area contributed by atoms with Crippen LogP contribution in [0.1, 0.15) is 50.9 Å². The average Bonchev–Trinajstić information content (AvgIpc) is 2.69. The number of likely N-dealkylation sites (N-methyl/N-ethyl adjacent to an activating group) is 1. The molecule has 0 aliphatic carbocycles. The number of piperidine rings is 1. The highest BCUT2D eigenvalue weighted by Crippen LogP contribution is 2.24. The summed E-state index contributed by atoms with van der Waals surface area (Å²) in [6, 6.07) is 5.97. The van der Waals surface area contributed by atoms with E-state index in [1.165, 1.54) is 33.5 Å². The maximum atomic E-state index is 13.1. The Morgan fingerprint density at radius 2 is 1.62 bits per heavy atom. The van der Waals surface area contributed by atoms with Crippen molar-refractivity contribution in [1.82, 2.24) is 14.1 Å². The maximum absolute atomic E-state index is 13.1. The minimum absolute atomic E-state index is 0.171. The topological polar surface area (TPSA) is 87.2 Å². The highest BCUT2D eigenvalue weighted by molar-refractivity contribution is 7.89. The van der Waals surface area contributed by atoms with Gasteiger partial charge in [0.2, 0.25) is 10.0 Å². The molecule has 8 nitrogen and oxygen atoms in total. The second kappa shape index (κ2) is 10.8. The van der Waals surface area contributed by atoms with Crippen LogP contribution in [0.25, 0.3) is 0 Å². The van der Waals surface area contributed by atoms with E-state index in [1.54, 1.807) is 20.8 Å². The molecule has 180 valence electrons. The largest absolute Gasteiger partial charge is 0.459 e. The molecule has 0 aromatic heterocycles. The number of ether oxygens (including phenoxy) is 1. The first-order chi connectivity index (χ1) is 14.8. The van der Waals surface area contributed by atoms with Gasteiger partial charge in [-0.25, -0.2) is 8.42 Å². The van der Waals surface area contributed by atoms with E-state index in [-0.39, 0.29) is 17.3 Å². The summed E-state index contributed by atoms with van der Waals surface area (Å²) in [5.41, 5.74) is -0.311. The number of carbonyl (C=O) groups excluding carboxylic acids is 2. The molecule has 0 N–H and O–H groups in total. The lowest BCUT2D eigenvalue weighted by molar-refractivity contribution is -0.155. The van der Waals surface area contributed by atoms with E-state index in [1.807, 2.05) is 19.0 Å². The Bertz CT molecular complexity index is 883. The molecule has 0 atom stereocenters. The molecule has 1 amide bonds. The van der Waals surface area contributed by atoms with Crippen LogP contribution in [0.15, 0.2) is 29.2 Å². The minimum Gasteiger partial charge on any atom is -0.459 e. The lowest BCUT2D eigenvalue weighted by Gasteiger charge is -2.29. The van der Waals surface area contributed by atoms with Gasteiger partial charge in [0.05, 0.1) is 4.90 Å². The molecule has 0 bridgehead atoms. The molecular weight excluding hydrogens is 430 g/mol. The number of benzene rings is 1. The quantitative estimate of drug-likeness (QED) is 0.546. The summed E-state index contributed by atoms with van der Waals surface area (Å²) in [7, 11) is 0.191. The SMILES string of the molecule is CC1CCN(S(=O)(=O)c2ccc(C(=O)N(CCN(C)C)CC(=O)OC(C)(C)C)cc2)CC1. The summed E-state index contributed by atoms with van der Waals surface area (Å²) in [6.45, 7) is 9.24. The standard InChI is InChI=1S/C23H37N3O5S/c1-18-11-13-26(14-12-18)32(29,30)20-9-7-19(8-10-20)22(28)25(16-15-24(5)6)17-21(27)31-23(2,3)4/h7-10,18H,11-17H2,1-6H3. The van der Waals surface area contributed by atoms with Crippen molar-refractivity contribution >= 4 is 21.9 Å². The molecular formula is C23H37N3O5S. The zero-order valence-corrected chi connectivity index (χ0v) is 20.9. The van der Waals surface area contributed by atoms with Crippen LogP contribution in [-0.4, -0.2) is 86.8 Å². The predicted octanol–water partition coefficient (Wildman–Crippen LogP) is 2.45. The third-order valence-electron chi connectivity index (χ3n) is 5.33. The van der Waals surface area contributed by atoms with Crippen molar-refractivity contribution in [2.75, 3.05) is 46.8 Å². The molecule has 2 rings (SSSR count). The summed E-state index contributed by atoms with van der Waals surface area (Å²) in [5.74, 6) is -0.295. The van der Waals surface area contributed by atoms with Crippen molar-refractivity contribution in [3.05, 3.63) is 29.8 Å². The molecule has 1 aliphatic rings. The molecule has 0 unspecified atom stereocenters. The molecule has 0 saturated carbocycles. The van der Waals surface area contributed by atoms with Crippen LogP contribution in [0.2, 0.25) is 0 Å². The van der Waals surface area contributed by atoms with Crippen molar-refractivity contribution < 1.29 is 22.7 Å². The van der Waals surface area contributed by atoms with Crippen LogP contribution in [-0.2, 0) is 19.6 Å². The summed E-state index contributed by atoms with van der Waals surface area (Å²) >= 11 is 0. The van der Waals surface area contributed by atoms with Crippen molar-refractivity contribution in [2.24, 2.45) is 5.92 Å². The Morgan fingerprint density at radius 3 is 2.12 bits per heavy atom. The van der Waals surface area contributed by atoms with Gasteiger partial charge in [0.25, 0.3) is 5.91 Å². The van der Waals surface area contributed by atoms with Gasteiger partial charge in [-0.1, -0.05) is 6.92 Å². The van der Waals surface area contributed by atoms with Crippen molar-refractivity contribution in [2.45, 2.75) is 51.0 Å². The van der Waals surface area contributed by atoms with Crippen LogP contribution >= 0.6 is 0 Å². The fraction of sp³-hybridized carbons (Fsp3) is 0.652. The van der Waals surface area contributed by atoms with Gasteiger partial charge < -0.3 is 14.5 Å². The van der Waals surface area contributed by atoms with Gasteiger partial charge in [0.1, 0.15) is 12.1 Å². The van der Waals surface area contributed by atoms with E-state index in [4.69, 9.17) is 4.74 Å². The second-order valence-electron chi connectivity index (χ2n) is 9.73. The van der Waals surface area contributed by atoms with Crippen LogP contribution in [0.3, 0.4) is 0 Å². The minimum atomic E-state index is -3.58. The van der Waals surface area contributed by atoms with Gasteiger partial charge in [-0.15, -0.1) is 0 Å². The van der Waals surface area contributed by atoms with E-state index >= 15 is 0 Å². The Hall–Kier alpha value is -1.97. The fourth-order valence-electron chi connectivity index (χ4n) is 3.43. The van der Waals surface area contributed by atoms with E-state index < -0.39 is 21.6 Å². The lowest BCUT2D eigenvalue weighted by Crippen LogP contribution is -2.42. The number of carbonyl (C=O) groups is 2. The van der Waals surface area contributed by atoms with Gasteiger partial charge in [-0.2, -0.15) is 4.31 Å². The number of nitrogens with zero attached hydrogens (tertiary/aromatic N) is 3. The van der Waals surface area contributed by atoms with E-state index in [0.717, 1.165) is 12.8 Å². The van der Waals surface area contributed by atoms with Gasteiger partial charge in [-0.05, 0) is 77.9 Å². The van der Waals surface area contributed by atoms with Crippen LogP contribution in [0.5, 0.6) is 0 Å². The molecule has 32 heavy (non-hydrogen) atoms. The highest BCUT2D eigenvalue weighted by Gasteiger charge is 2.29. The first-order valence-corrected chi connectivity index (χ1v) is 12.5. The van der Waals surface area contributed by atoms with Gasteiger partial charge >= 0.3 is 5.97 Å². The number of amides is 1. The summed E-state index contributed by atoms with van der Waals surface area (Å²) in [4.78, 5) is 28.9. The predicted molar refractivity (Wildman–Crippen MR) is 124 cm³/mol. The Labute approximate surface area is 192 Å². The van der Waals surface area contributed by atoms with E-state index in [9.17, 15) is 18.0 Å². The third-order valence-corrected chi connectivity index (χ3v) is 7.24. The van der Waals surface area contributed by atoms with Crippen molar-refractivity contribution in [3.63, 3.8) is 0 Å². The molecule has 1 saturated heterocycles. The Morgan fingerprint density at radius 1 is 1.06 bits per heavy atom. The van der Waals surface area contributed by atoms with Crippen molar-refractivity contribution in [3.8, 4) is 0 Å². The Balaban J connectivity index is 2.16. The maximum Gasteiger partial charge on any atom is 0.326 e. The molecule has 9 heteroatoms. The molecule has 1 aromatic carbocycles. The van der Waals surface area contributed by atoms with Gasteiger partial charge in [0.15, 0.2) is 0 Å². The van der Waals surface area contributed by atoms with Crippen molar-refractivity contribution in [1.29, 1.82) is 0 Å². The fourth-order valence-corrected chi connectivity index (χ4v) is 4.90. The van der Waals surface area contributed by atoms with Gasteiger partial charge in [-0.3, -0.25) is 9.59 Å². The highest BCUT2D eigenvalue weighted by atomic mass is 32.2. The number of hydrogen-bond donors (Lipinski definition) is 0. The average molecular weight is 468 g/mol. The molecule has 1 aliphatic heterocycles. The normalized spacial score (nSPS) is 16.2. The zero-order valence-electron chi connectivity index (χ0n) is 20.1. The second-order valence-corrected chi connectivity index (χ2v) is 11.7. The molecule has 1 fully saturated rings. The van der Waals surface area contributed by atoms with Crippen LogP contribution in [0, 0.1) is 5.92 Å². The van der Waals surface area contributed by atoms with E-state index in [2.05, 4.69) is 6.92 Å². The van der Waals surface area contributed by atoms with E-state index in [0.29, 0.717) is 37.7 Å².